The predicted molar refractivity (Wildman–Crippen MR) is 176 cm³/mol. The first kappa shape index (κ1) is 32.6. The fraction of sp³-hybridized carbons (Fsp3) is 0.528. The van der Waals surface area contributed by atoms with Crippen molar-refractivity contribution < 1.29 is 4.79 Å². The van der Waals surface area contributed by atoms with Crippen LogP contribution in [-0.4, -0.2) is 42.2 Å². The van der Waals surface area contributed by atoms with E-state index in [2.05, 4.69) is 124 Å². The molecule has 1 aliphatic rings. The molecule has 3 N–H and O–H groups in total. The molecule has 224 valence electrons. The van der Waals surface area contributed by atoms with Gasteiger partial charge in [0.15, 0.2) is 0 Å². The molecule has 41 heavy (non-hydrogen) atoms. The first-order valence-electron chi connectivity index (χ1n) is 15.4. The zero-order chi connectivity index (χ0) is 30.1. The smallest absolute Gasteiger partial charge is 0.240 e. The first-order chi connectivity index (χ1) is 19.4. The van der Waals surface area contributed by atoms with Crippen molar-refractivity contribution >= 4 is 16.8 Å². The van der Waals surface area contributed by atoms with Crippen LogP contribution in [0.5, 0.6) is 0 Å². The van der Waals surface area contributed by atoms with Gasteiger partial charge in [-0.15, -0.1) is 0 Å². The maximum Gasteiger partial charge on any atom is 0.240 e. The lowest BCUT2D eigenvalue weighted by molar-refractivity contribution is -0.129. The molecule has 3 rings (SSSR count). The number of nitrogens with zero attached hydrogens (tertiary/aromatic N) is 1. The van der Waals surface area contributed by atoms with E-state index in [1.165, 1.54) is 16.5 Å². The van der Waals surface area contributed by atoms with Crippen LogP contribution in [0.2, 0.25) is 0 Å². The Morgan fingerprint density at radius 2 is 1.78 bits per heavy atom. The summed E-state index contributed by atoms with van der Waals surface area (Å²) in [7, 11) is 0. The van der Waals surface area contributed by atoms with Crippen LogP contribution in [0.25, 0.3) is 10.9 Å². The predicted octanol–water partition coefficient (Wildman–Crippen LogP) is 7.14. The van der Waals surface area contributed by atoms with Gasteiger partial charge in [-0.3, -0.25) is 4.79 Å². The number of fused-ring (bicyclic) bond motifs is 1. The minimum atomic E-state index is -0.542. The number of amides is 1. The van der Waals surface area contributed by atoms with Crippen LogP contribution >= 0.6 is 0 Å². The summed E-state index contributed by atoms with van der Waals surface area (Å²) in [6, 6.07) is 10.7. The van der Waals surface area contributed by atoms with Crippen molar-refractivity contribution in [3.63, 3.8) is 0 Å². The van der Waals surface area contributed by atoms with E-state index >= 15 is 0 Å². The summed E-state index contributed by atoms with van der Waals surface area (Å²) in [6.07, 6.45) is 15.6. The van der Waals surface area contributed by atoms with Crippen molar-refractivity contribution in [3.05, 3.63) is 85.6 Å². The van der Waals surface area contributed by atoms with Gasteiger partial charge >= 0.3 is 0 Å². The number of carbonyl (C=O) groups excluding carboxylic acids is 1. The quantitative estimate of drug-likeness (QED) is 0.204. The van der Waals surface area contributed by atoms with Gasteiger partial charge in [-0.25, -0.2) is 0 Å². The number of hydrogen-bond donors (Lipinski definition) is 3. The molecule has 5 nitrogen and oxygen atoms in total. The first-order valence-corrected chi connectivity index (χ1v) is 15.4. The third kappa shape index (κ3) is 8.80. The van der Waals surface area contributed by atoms with Crippen molar-refractivity contribution in [1.82, 2.24) is 20.5 Å². The van der Waals surface area contributed by atoms with Crippen LogP contribution in [0.4, 0.5) is 0 Å². The van der Waals surface area contributed by atoms with E-state index in [4.69, 9.17) is 0 Å². The molecule has 0 spiro atoms. The van der Waals surface area contributed by atoms with E-state index in [0.717, 1.165) is 45.3 Å². The number of rotatable bonds is 15. The highest BCUT2D eigenvalue weighted by Gasteiger charge is 2.40. The number of hydrogen-bond acceptors (Lipinski definition) is 3. The number of benzene rings is 1. The number of para-hydroxylation sites is 1. The summed E-state index contributed by atoms with van der Waals surface area (Å²) < 4.78 is 2.38. The average molecular weight is 559 g/mol. The van der Waals surface area contributed by atoms with E-state index in [9.17, 15) is 4.79 Å². The van der Waals surface area contributed by atoms with Crippen molar-refractivity contribution in [1.29, 1.82) is 0 Å². The van der Waals surface area contributed by atoms with Gasteiger partial charge in [-0.2, -0.15) is 0 Å². The third-order valence-electron chi connectivity index (χ3n) is 8.67. The van der Waals surface area contributed by atoms with Gasteiger partial charge in [-0.1, -0.05) is 89.4 Å². The monoisotopic (exact) mass is 558 g/mol. The summed E-state index contributed by atoms with van der Waals surface area (Å²) in [5.74, 6) is 0.838. The van der Waals surface area contributed by atoms with Gasteiger partial charge in [0.25, 0.3) is 0 Å². The van der Waals surface area contributed by atoms with Gasteiger partial charge < -0.3 is 20.5 Å². The fourth-order valence-corrected chi connectivity index (χ4v) is 6.53. The van der Waals surface area contributed by atoms with Crippen molar-refractivity contribution in [3.8, 4) is 0 Å². The van der Waals surface area contributed by atoms with E-state index in [0.29, 0.717) is 18.4 Å². The molecule has 0 radical (unpaired) electrons. The number of aromatic nitrogens is 1. The molecule has 2 unspecified atom stereocenters. The van der Waals surface area contributed by atoms with Gasteiger partial charge in [0.05, 0.1) is 0 Å². The molecule has 1 aromatic carbocycles. The minimum absolute atomic E-state index is 0.0106. The molecule has 0 bridgehead atoms. The molecular weight excluding hydrogens is 504 g/mol. The summed E-state index contributed by atoms with van der Waals surface area (Å²) in [6.45, 7) is 24.5. The zero-order valence-electron chi connectivity index (χ0n) is 26.4. The Morgan fingerprint density at radius 1 is 1.07 bits per heavy atom. The van der Waals surface area contributed by atoms with Crippen LogP contribution < -0.4 is 16.0 Å². The lowest BCUT2D eigenvalue weighted by Crippen LogP contribution is -2.63. The summed E-state index contributed by atoms with van der Waals surface area (Å²) in [5.41, 5.74) is 1.91. The molecule has 2 heterocycles. The summed E-state index contributed by atoms with van der Waals surface area (Å²) in [4.78, 5) is 13.8. The number of piperidine rings is 1. The third-order valence-corrected chi connectivity index (χ3v) is 8.67. The Morgan fingerprint density at radius 3 is 2.46 bits per heavy atom. The Bertz CT molecular complexity index is 1230. The van der Waals surface area contributed by atoms with Gasteiger partial charge in [0, 0.05) is 30.3 Å². The molecule has 0 saturated carbocycles. The summed E-state index contributed by atoms with van der Waals surface area (Å²) >= 11 is 0. The highest BCUT2D eigenvalue weighted by atomic mass is 16.2. The molecule has 1 saturated heterocycles. The van der Waals surface area contributed by atoms with Crippen LogP contribution in [0.15, 0.2) is 85.6 Å². The largest absolute Gasteiger partial charge is 0.354 e. The van der Waals surface area contributed by atoms with Gasteiger partial charge in [0.1, 0.15) is 5.54 Å². The van der Waals surface area contributed by atoms with Gasteiger partial charge in [-0.05, 0) is 93.0 Å². The molecule has 5 heteroatoms. The lowest BCUT2D eigenvalue weighted by atomic mass is 9.78. The van der Waals surface area contributed by atoms with E-state index in [1.54, 1.807) is 6.08 Å². The molecule has 1 amide bonds. The van der Waals surface area contributed by atoms with Crippen molar-refractivity contribution in [2.45, 2.75) is 78.3 Å². The second-order valence-electron chi connectivity index (χ2n) is 13.5. The van der Waals surface area contributed by atoms with Crippen molar-refractivity contribution in [2.75, 3.05) is 26.2 Å². The van der Waals surface area contributed by atoms with E-state index < -0.39 is 5.54 Å². The molecule has 1 fully saturated rings. The second-order valence-corrected chi connectivity index (χ2v) is 13.5. The molecular formula is C36H54N4O. The Labute approximate surface area is 249 Å². The van der Waals surface area contributed by atoms with Crippen LogP contribution in [0, 0.1) is 17.3 Å². The van der Waals surface area contributed by atoms with Crippen LogP contribution in [0.3, 0.4) is 0 Å². The maximum absolute atomic E-state index is 13.8. The van der Waals surface area contributed by atoms with Crippen molar-refractivity contribution in [2.24, 2.45) is 17.3 Å². The SMILES string of the molecule is C=C/C=C\C(=C/C=C)C(C)CC(C)(C)CNC1(C(=O)NCC(C)CC(C)(C)n2ccc3ccccc32)CCNCC1. The highest BCUT2D eigenvalue weighted by molar-refractivity contribution is 5.86. The summed E-state index contributed by atoms with van der Waals surface area (Å²) in [5, 5.41) is 11.8. The maximum atomic E-state index is 13.8. The standard InChI is InChI=1S/C36H54N4O/c1-9-11-15-30(14-10-2)29(4)25-34(5,6)27-39-36(19-21-37-22-20-36)33(41)38-26-28(3)24-35(7,8)40-23-18-31-16-12-13-17-32(31)40/h9-18,23,28-29,37,39H,1-2,19-22,24-27H2,3-8H3,(H,38,41)/b15-11-,30-14+. The Kier molecular flexibility index (Phi) is 11.4. The zero-order valence-corrected chi connectivity index (χ0v) is 26.4. The molecule has 2 atom stereocenters. The number of nitrogens with one attached hydrogen (secondary N) is 3. The normalized spacial score (nSPS) is 17.9. The lowest BCUT2D eigenvalue weighted by Gasteiger charge is -2.40. The Hall–Kier alpha value is -2.89. The molecule has 1 aromatic heterocycles. The molecule has 0 aliphatic carbocycles. The number of allylic oxidation sites excluding steroid dienone is 6. The highest BCUT2D eigenvalue weighted by Crippen LogP contribution is 2.32. The fourth-order valence-electron chi connectivity index (χ4n) is 6.53. The average Bonchev–Trinajstić information content (AvgIpc) is 3.38. The minimum Gasteiger partial charge on any atom is -0.354 e. The van der Waals surface area contributed by atoms with E-state index in [-0.39, 0.29) is 16.9 Å². The van der Waals surface area contributed by atoms with Crippen LogP contribution in [0.1, 0.15) is 67.2 Å². The number of carbonyl (C=O) groups is 1. The van der Waals surface area contributed by atoms with E-state index in [1.807, 2.05) is 12.2 Å². The molecule has 1 aliphatic heterocycles. The van der Waals surface area contributed by atoms with Crippen LogP contribution in [-0.2, 0) is 10.3 Å². The van der Waals surface area contributed by atoms with Gasteiger partial charge in [0.2, 0.25) is 5.91 Å². The molecule has 2 aromatic rings. The topological polar surface area (TPSA) is 58.1 Å². The Balaban J connectivity index is 1.62. The second kappa shape index (κ2) is 14.3.